The minimum absolute atomic E-state index is 0.0624. The van der Waals surface area contributed by atoms with Crippen LogP contribution in [0.2, 0.25) is 0 Å². The second-order valence-corrected chi connectivity index (χ2v) is 16.1. The number of methoxy groups -OCH3 is 1. The Hall–Kier alpha value is -6.23. The van der Waals surface area contributed by atoms with Gasteiger partial charge in [-0.2, -0.15) is 0 Å². The maximum Gasteiger partial charge on any atom is 0.341 e. The maximum absolute atomic E-state index is 14.3. The normalized spacial score (nSPS) is 13.2. The topological polar surface area (TPSA) is 114 Å². The summed E-state index contributed by atoms with van der Waals surface area (Å²) >= 11 is 2.80. The van der Waals surface area contributed by atoms with Crippen LogP contribution in [0.5, 0.6) is 0 Å². The third-order valence-corrected chi connectivity index (χ3v) is 12.3. The lowest BCUT2D eigenvalue weighted by molar-refractivity contribution is -0.116. The molecular weight excluding hydrogens is 763 g/mol. The number of hydrogen-bond donors (Lipinski definition) is 3. The number of aryl methyl sites for hydroxylation is 1. The zero-order chi connectivity index (χ0) is 40.3. The predicted molar refractivity (Wildman–Crippen MR) is 234 cm³/mol. The quantitative estimate of drug-likeness (QED) is 0.0645. The second kappa shape index (κ2) is 19.3. The van der Waals surface area contributed by atoms with E-state index in [0.717, 1.165) is 76.1 Å². The number of rotatable bonds is 12. The number of nitrogens with one attached hydrogen (secondary N) is 3. The molecule has 6 aromatic rings. The highest BCUT2D eigenvalue weighted by molar-refractivity contribution is 8.00. The van der Waals surface area contributed by atoms with Gasteiger partial charge < -0.3 is 20.7 Å². The molecule has 3 N–H and O–H groups in total. The Kier molecular flexibility index (Phi) is 13.3. The third kappa shape index (κ3) is 10.0. The smallest absolute Gasteiger partial charge is 0.341 e. The van der Waals surface area contributed by atoms with E-state index in [1.54, 1.807) is 48.5 Å². The summed E-state index contributed by atoms with van der Waals surface area (Å²) in [5.74, 6) is -1.66. The van der Waals surface area contributed by atoms with Crippen LogP contribution in [-0.2, 0) is 27.2 Å². The van der Waals surface area contributed by atoms with Crippen LogP contribution < -0.4 is 16.0 Å². The fourth-order valence-electron chi connectivity index (χ4n) is 6.90. The summed E-state index contributed by atoms with van der Waals surface area (Å²) in [6.45, 7) is 0. The Morgan fingerprint density at radius 2 is 1.36 bits per heavy atom. The number of esters is 1. The van der Waals surface area contributed by atoms with Crippen LogP contribution in [0.25, 0.3) is 17.2 Å². The number of carbonyl (C=O) groups excluding carboxylic acids is 4. The first-order valence-electron chi connectivity index (χ1n) is 19.3. The number of ether oxygens (including phenoxy) is 1. The lowest BCUT2D eigenvalue weighted by atomic mass is 9.96. The number of carbonyl (C=O) groups is 4. The molecule has 0 bridgehead atoms. The second-order valence-electron chi connectivity index (χ2n) is 13.9. The zero-order valence-corrected chi connectivity index (χ0v) is 33.7. The van der Waals surface area contributed by atoms with E-state index in [9.17, 15) is 19.2 Å². The fraction of sp³-hybridized carbons (Fsp3) is 0.167. The van der Waals surface area contributed by atoms with E-state index < -0.39 is 23.0 Å². The van der Waals surface area contributed by atoms with Crippen LogP contribution >= 0.6 is 23.1 Å². The Morgan fingerprint density at radius 3 is 2.07 bits per heavy atom. The first-order chi connectivity index (χ1) is 28.4. The molecule has 1 aliphatic rings. The van der Waals surface area contributed by atoms with Gasteiger partial charge in [-0.25, -0.2) is 4.79 Å². The van der Waals surface area contributed by atoms with E-state index in [-0.39, 0.29) is 11.6 Å². The molecule has 7 rings (SSSR count). The lowest BCUT2D eigenvalue weighted by Gasteiger charge is -2.18. The number of thioether (sulfide) groups is 1. The Bertz CT molecular complexity index is 2410. The van der Waals surface area contributed by atoms with Gasteiger partial charge in [0.2, 0.25) is 5.91 Å². The van der Waals surface area contributed by atoms with Crippen LogP contribution in [0.15, 0.2) is 150 Å². The molecule has 0 spiro atoms. The number of fused-ring (bicyclic) bond motifs is 1. The van der Waals surface area contributed by atoms with Crippen molar-refractivity contribution in [2.24, 2.45) is 0 Å². The van der Waals surface area contributed by atoms with E-state index in [4.69, 9.17) is 4.74 Å². The van der Waals surface area contributed by atoms with Gasteiger partial charge in [-0.15, -0.1) is 23.1 Å². The number of hydrogen-bond acceptors (Lipinski definition) is 7. The molecule has 0 aliphatic heterocycles. The Balaban J connectivity index is 1.13. The number of thiophene rings is 1. The highest BCUT2D eigenvalue weighted by atomic mass is 32.2. The summed E-state index contributed by atoms with van der Waals surface area (Å²) in [5, 5.41) is 8.71. The van der Waals surface area contributed by atoms with Crippen LogP contribution in [0.4, 0.5) is 10.7 Å². The standard InChI is InChI=1S/C48H43N3O5S2/c1-56-48(55)42-39-24-13-2-3-14-25-41(39)58-47(42)51-46(54)43(35-18-9-5-10-19-35)57-38-23-15-22-37(31-38)49-45(53)40(50-44(52)36-20-11-6-12-21-36)30-32-26-28-34(29-27-32)33-16-7-4-8-17-33/h4-12,15-23,26-31,43H,2-3,13-14,24-25H2,1H3,(H,49,53)(H,50,52)(H,51,54)/b40-30+. The molecule has 3 amide bonds. The SMILES string of the molecule is COC(=O)c1c(NC(=O)C(Sc2cccc(NC(=O)/C(=C\c3ccc(-c4ccccc4)cc3)NC(=O)c3ccccc3)c2)c2ccccc2)sc2c1CCCCCC2. The first-order valence-corrected chi connectivity index (χ1v) is 21.0. The van der Waals surface area contributed by atoms with Crippen molar-refractivity contribution in [2.75, 3.05) is 17.7 Å². The molecule has 1 aromatic heterocycles. The van der Waals surface area contributed by atoms with Crippen LogP contribution in [0.3, 0.4) is 0 Å². The van der Waals surface area contributed by atoms with Crippen molar-refractivity contribution in [3.8, 4) is 11.1 Å². The largest absolute Gasteiger partial charge is 0.465 e. The average Bonchev–Trinajstić information content (AvgIpc) is 3.58. The van der Waals surface area contributed by atoms with Crippen LogP contribution in [0.1, 0.15) is 73.2 Å². The van der Waals surface area contributed by atoms with Gasteiger partial charge >= 0.3 is 5.97 Å². The summed E-state index contributed by atoms with van der Waals surface area (Å²) in [4.78, 5) is 56.5. The highest BCUT2D eigenvalue weighted by Gasteiger charge is 2.29. The van der Waals surface area contributed by atoms with Gasteiger partial charge in [-0.1, -0.05) is 122 Å². The molecular formula is C48H43N3O5S2. The van der Waals surface area contributed by atoms with Gasteiger partial charge in [0.1, 0.15) is 15.9 Å². The molecule has 0 fully saturated rings. The molecule has 0 saturated heterocycles. The zero-order valence-electron chi connectivity index (χ0n) is 32.0. The van der Waals surface area contributed by atoms with E-state index in [0.29, 0.717) is 21.8 Å². The molecule has 1 aliphatic carbocycles. The summed E-state index contributed by atoms with van der Waals surface area (Å²) in [5.41, 5.74) is 5.99. The monoisotopic (exact) mass is 805 g/mol. The summed E-state index contributed by atoms with van der Waals surface area (Å²) in [6, 6.07) is 43.2. The Labute approximate surface area is 346 Å². The van der Waals surface area contributed by atoms with Crippen molar-refractivity contribution in [3.63, 3.8) is 0 Å². The number of benzene rings is 5. The van der Waals surface area contributed by atoms with E-state index in [2.05, 4.69) is 16.0 Å². The number of amides is 3. The summed E-state index contributed by atoms with van der Waals surface area (Å²) in [6.07, 6.45) is 7.55. The molecule has 1 heterocycles. The molecule has 1 unspecified atom stereocenters. The number of anilines is 2. The third-order valence-electron chi connectivity index (χ3n) is 9.84. The molecule has 58 heavy (non-hydrogen) atoms. The molecule has 1 atom stereocenters. The van der Waals surface area contributed by atoms with Crippen molar-refractivity contribution in [1.82, 2.24) is 5.32 Å². The molecule has 292 valence electrons. The van der Waals surface area contributed by atoms with Gasteiger partial charge in [-0.05, 0) is 89.9 Å². The van der Waals surface area contributed by atoms with E-state index in [1.165, 1.54) is 30.2 Å². The summed E-state index contributed by atoms with van der Waals surface area (Å²) < 4.78 is 5.21. The van der Waals surface area contributed by atoms with Crippen molar-refractivity contribution in [1.29, 1.82) is 0 Å². The molecule has 0 saturated carbocycles. The van der Waals surface area contributed by atoms with Crippen molar-refractivity contribution in [2.45, 2.75) is 48.7 Å². The van der Waals surface area contributed by atoms with Gasteiger partial charge in [0.25, 0.3) is 11.8 Å². The van der Waals surface area contributed by atoms with Gasteiger partial charge in [-0.3, -0.25) is 14.4 Å². The molecule has 0 radical (unpaired) electrons. The van der Waals surface area contributed by atoms with Crippen molar-refractivity contribution < 1.29 is 23.9 Å². The molecule has 10 heteroatoms. The van der Waals surface area contributed by atoms with Gasteiger partial charge in [0, 0.05) is 21.0 Å². The highest BCUT2D eigenvalue weighted by Crippen LogP contribution is 2.41. The van der Waals surface area contributed by atoms with Crippen molar-refractivity contribution in [3.05, 3.63) is 178 Å². The Morgan fingerprint density at radius 1 is 0.707 bits per heavy atom. The minimum atomic E-state index is -0.693. The van der Waals surface area contributed by atoms with Crippen LogP contribution in [-0.4, -0.2) is 30.8 Å². The lowest BCUT2D eigenvalue weighted by Crippen LogP contribution is -2.30. The van der Waals surface area contributed by atoms with Crippen molar-refractivity contribution >= 4 is 63.6 Å². The predicted octanol–water partition coefficient (Wildman–Crippen LogP) is 10.7. The van der Waals surface area contributed by atoms with Crippen LogP contribution in [0, 0.1) is 0 Å². The van der Waals surface area contributed by atoms with E-state index in [1.807, 2.05) is 97.1 Å². The van der Waals surface area contributed by atoms with E-state index >= 15 is 0 Å². The molecule has 8 nitrogen and oxygen atoms in total. The molecule has 5 aromatic carbocycles. The fourth-order valence-corrected chi connectivity index (χ4v) is 9.26. The van der Waals surface area contributed by atoms with Gasteiger partial charge in [0.15, 0.2) is 0 Å². The minimum Gasteiger partial charge on any atom is -0.465 e. The average molecular weight is 806 g/mol. The maximum atomic E-state index is 14.3. The first kappa shape index (κ1) is 40.0. The summed E-state index contributed by atoms with van der Waals surface area (Å²) in [7, 11) is 1.37. The van der Waals surface area contributed by atoms with Gasteiger partial charge in [0.05, 0.1) is 12.7 Å².